The number of nitrogens with zero attached hydrogens (tertiary/aromatic N) is 1. The summed E-state index contributed by atoms with van der Waals surface area (Å²) in [5.41, 5.74) is 0. The second kappa shape index (κ2) is 6.80. The minimum atomic E-state index is -0.270. The fourth-order valence-electron chi connectivity index (χ4n) is 3.26. The molecule has 21 heavy (non-hydrogen) atoms. The van der Waals surface area contributed by atoms with Gasteiger partial charge in [-0.15, -0.1) is 0 Å². The van der Waals surface area contributed by atoms with Gasteiger partial charge in [-0.1, -0.05) is 40.5 Å². The number of nitrogens with one attached hydrogen (secondary N) is 1. The Morgan fingerprint density at radius 2 is 1.81 bits per heavy atom. The summed E-state index contributed by atoms with van der Waals surface area (Å²) in [6, 6.07) is -0.525. The predicted molar refractivity (Wildman–Crippen MR) is 83.7 cm³/mol. The third-order valence-electron chi connectivity index (χ3n) is 4.92. The summed E-state index contributed by atoms with van der Waals surface area (Å²) in [4.78, 5) is 27.2. The number of hydrogen-bond acceptors (Lipinski definition) is 2. The van der Waals surface area contributed by atoms with Crippen LogP contribution < -0.4 is 5.32 Å². The summed E-state index contributed by atoms with van der Waals surface area (Å²) in [5, 5.41) is 2.99. The third-order valence-corrected chi connectivity index (χ3v) is 4.92. The standard InChI is InChI=1S/C17H30N2O2/c1-5-12(6-2)10-19-14(9-11(3)4)16(20)18-15(17(19)21)13-7-8-13/h11-15H,5-10H2,1-4H3,(H,18,20). The number of rotatable bonds is 7. The van der Waals surface area contributed by atoms with Gasteiger partial charge < -0.3 is 10.2 Å². The molecular formula is C17H30N2O2. The third kappa shape index (κ3) is 3.78. The lowest BCUT2D eigenvalue weighted by Gasteiger charge is -2.41. The van der Waals surface area contributed by atoms with Crippen LogP contribution in [0.2, 0.25) is 0 Å². The molecule has 2 amide bonds. The molecule has 2 unspecified atom stereocenters. The molecule has 1 saturated carbocycles. The highest BCUT2D eigenvalue weighted by molar-refractivity contribution is 5.97. The molecule has 0 aromatic heterocycles. The maximum atomic E-state index is 12.8. The smallest absolute Gasteiger partial charge is 0.246 e. The number of carbonyl (C=O) groups is 2. The average Bonchev–Trinajstić information content (AvgIpc) is 3.26. The molecule has 4 heteroatoms. The van der Waals surface area contributed by atoms with Gasteiger partial charge in [0, 0.05) is 6.54 Å². The molecule has 2 atom stereocenters. The Hall–Kier alpha value is -1.06. The maximum absolute atomic E-state index is 12.8. The van der Waals surface area contributed by atoms with Crippen molar-refractivity contribution in [2.75, 3.05) is 6.54 Å². The molecule has 0 radical (unpaired) electrons. The van der Waals surface area contributed by atoms with Crippen LogP contribution in [0.4, 0.5) is 0 Å². The maximum Gasteiger partial charge on any atom is 0.246 e. The van der Waals surface area contributed by atoms with Gasteiger partial charge >= 0.3 is 0 Å². The van der Waals surface area contributed by atoms with E-state index in [4.69, 9.17) is 0 Å². The molecule has 0 spiro atoms. The highest BCUT2D eigenvalue weighted by atomic mass is 16.2. The van der Waals surface area contributed by atoms with E-state index in [1.807, 2.05) is 4.90 Å². The first-order valence-electron chi connectivity index (χ1n) is 8.58. The van der Waals surface area contributed by atoms with Gasteiger partial charge in [0.15, 0.2) is 0 Å². The average molecular weight is 294 g/mol. The minimum absolute atomic E-state index is 0.0613. The van der Waals surface area contributed by atoms with Crippen LogP contribution >= 0.6 is 0 Å². The second-order valence-electron chi connectivity index (χ2n) is 7.14. The molecule has 1 heterocycles. The lowest BCUT2D eigenvalue weighted by Crippen LogP contribution is -2.64. The fourth-order valence-corrected chi connectivity index (χ4v) is 3.26. The van der Waals surface area contributed by atoms with Crippen molar-refractivity contribution in [3.63, 3.8) is 0 Å². The molecule has 120 valence electrons. The van der Waals surface area contributed by atoms with Crippen LogP contribution in [-0.2, 0) is 9.59 Å². The highest BCUT2D eigenvalue weighted by Gasteiger charge is 2.47. The Bertz CT molecular complexity index is 386. The van der Waals surface area contributed by atoms with Crippen molar-refractivity contribution < 1.29 is 9.59 Å². The van der Waals surface area contributed by atoms with Gasteiger partial charge in [0.25, 0.3) is 0 Å². The SMILES string of the molecule is CCC(CC)CN1C(=O)C(C2CC2)NC(=O)C1CC(C)C. The first kappa shape index (κ1) is 16.3. The van der Waals surface area contributed by atoms with E-state index in [1.165, 1.54) is 0 Å². The monoisotopic (exact) mass is 294 g/mol. The minimum Gasteiger partial charge on any atom is -0.342 e. The molecule has 1 aliphatic carbocycles. The Kier molecular flexibility index (Phi) is 5.28. The van der Waals surface area contributed by atoms with Crippen molar-refractivity contribution in [3.05, 3.63) is 0 Å². The number of amides is 2. The van der Waals surface area contributed by atoms with Crippen molar-refractivity contribution in [1.82, 2.24) is 10.2 Å². The van der Waals surface area contributed by atoms with Crippen LogP contribution in [0.25, 0.3) is 0 Å². The van der Waals surface area contributed by atoms with E-state index in [0.717, 1.165) is 38.6 Å². The van der Waals surface area contributed by atoms with Gasteiger partial charge in [0.1, 0.15) is 12.1 Å². The molecule has 1 N–H and O–H groups in total. The van der Waals surface area contributed by atoms with Crippen molar-refractivity contribution in [2.45, 2.75) is 71.9 Å². The van der Waals surface area contributed by atoms with E-state index in [2.05, 4.69) is 33.0 Å². The number of piperazine rings is 1. The molecule has 2 rings (SSSR count). The molecule has 4 nitrogen and oxygen atoms in total. The number of hydrogen-bond donors (Lipinski definition) is 1. The molecule has 0 aromatic rings. The first-order chi connectivity index (χ1) is 9.97. The molecule has 1 aliphatic heterocycles. The van der Waals surface area contributed by atoms with Crippen molar-refractivity contribution in [2.24, 2.45) is 17.8 Å². The van der Waals surface area contributed by atoms with Gasteiger partial charge in [-0.3, -0.25) is 9.59 Å². The summed E-state index contributed by atoms with van der Waals surface area (Å²) in [6.07, 6.45) is 5.03. The van der Waals surface area contributed by atoms with Crippen LogP contribution in [0.1, 0.15) is 59.8 Å². The highest BCUT2D eigenvalue weighted by Crippen LogP contribution is 2.36. The number of carbonyl (C=O) groups excluding carboxylic acids is 2. The zero-order valence-electron chi connectivity index (χ0n) is 13.9. The van der Waals surface area contributed by atoms with E-state index >= 15 is 0 Å². The van der Waals surface area contributed by atoms with Crippen LogP contribution in [0.3, 0.4) is 0 Å². The van der Waals surface area contributed by atoms with Crippen molar-refractivity contribution in [3.8, 4) is 0 Å². The topological polar surface area (TPSA) is 49.4 Å². The zero-order valence-corrected chi connectivity index (χ0v) is 13.9. The molecule has 2 fully saturated rings. The van der Waals surface area contributed by atoms with E-state index < -0.39 is 0 Å². The van der Waals surface area contributed by atoms with Gasteiger partial charge in [0.05, 0.1) is 0 Å². The lowest BCUT2D eigenvalue weighted by molar-refractivity contribution is -0.151. The Morgan fingerprint density at radius 1 is 1.19 bits per heavy atom. The van der Waals surface area contributed by atoms with E-state index in [0.29, 0.717) is 17.8 Å². The van der Waals surface area contributed by atoms with Crippen molar-refractivity contribution in [1.29, 1.82) is 0 Å². The summed E-state index contributed by atoms with van der Waals surface area (Å²) >= 11 is 0. The molecule has 1 saturated heterocycles. The normalized spacial score (nSPS) is 26.7. The van der Waals surface area contributed by atoms with Gasteiger partial charge in [-0.05, 0) is 37.0 Å². The van der Waals surface area contributed by atoms with E-state index in [1.54, 1.807) is 0 Å². The largest absolute Gasteiger partial charge is 0.342 e. The summed E-state index contributed by atoms with van der Waals surface area (Å²) in [7, 11) is 0. The first-order valence-corrected chi connectivity index (χ1v) is 8.58. The molecule has 0 bridgehead atoms. The quantitative estimate of drug-likeness (QED) is 0.784. The van der Waals surface area contributed by atoms with E-state index in [-0.39, 0.29) is 23.9 Å². The van der Waals surface area contributed by atoms with Crippen LogP contribution in [0, 0.1) is 17.8 Å². The lowest BCUT2D eigenvalue weighted by atomic mass is 9.93. The van der Waals surface area contributed by atoms with Gasteiger partial charge in [-0.25, -0.2) is 0 Å². The predicted octanol–water partition coefficient (Wildman–Crippen LogP) is 2.57. The van der Waals surface area contributed by atoms with E-state index in [9.17, 15) is 9.59 Å². The Balaban J connectivity index is 2.16. The Morgan fingerprint density at radius 3 is 2.29 bits per heavy atom. The molecular weight excluding hydrogens is 264 g/mol. The van der Waals surface area contributed by atoms with Gasteiger partial charge in [-0.2, -0.15) is 0 Å². The summed E-state index contributed by atoms with van der Waals surface area (Å²) in [6.45, 7) is 9.29. The summed E-state index contributed by atoms with van der Waals surface area (Å²) < 4.78 is 0. The molecule has 2 aliphatic rings. The van der Waals surface area contributed by atoms with Crippen LogP contribution in [0.15, 0.2) is 0 Å². The van der Waals surface area contributed by atoms with Gasteiger partial charge in [0.2, 0.25) is 11.8 Å². The fraction of sp³-hybridized carbons (Fsp3) is 0.882. The van der Waals surface area contributed by atoms with Crippen LogP contribution in [-0.4, -0.2) is 35.3 Å². The van der Waals surface area contributed by atoms with Crippen molar-refractivity contribution >= 4 is 11.8 Å². The molecule has 0 aromatic carbocycles. The second-order valence-corrected chi connectivity index (χ2v) is 7.14. The summed E-state index contributed by atoms with van der Waals surface area (Å²) in [5.74, 6) is 1.51. The van der Waals surface area contributed by atoms with Crippen LogP contribution in [0.5, 0.6) is 0 Å². The zero-order chi connectivity index (χ0) is 15.6. The Labute approximate surface area is 128 Å².